The number of carbonyl (C=O) groups excluding carboxylic acids is 1. The lowest BCUT2D eigenvalue weighted by Gasteiger charge is -2.13. The highest BCUT2D eigenvalue weighted by atomic mass is 35.5. The molecule has 0 aliphatic heterocycles. The Morgan fingerprint density at radius 3 is 2.47 bits per heavy atom. The van der Waals surface area contributed by atoms with Crippen molar-refractivity contribution in [2.45, 2.75) is 24.7 Å². The van der Waals surface area contributed by atoms with Gasteiger partial charge in [0.05, 0.1) is 15.6 Å². The predicted octanol–water partition coefficient (Wildman–Crippen LogP) is 4.73. The van der Waals surface area contributed by atoms with Gasteiger partial charge in [-0.15, -0.1) is 0 Å². The fourth-order valence-electron chi connectivity index (χ4n) is 2.90. The summed E-state index contributed by atoms with van der Waals surface area (Å²) in [7, 11) is -3.90. The largest absolute Gasteiger partial charge is 0.508 e. The number of phenolic OH excluding ortho intramolecular Hbond substituents is 1. The molecule has 6 nitrogen and oxygen atoms in total. The second-order valence-electron chi connectivity index (χ2n) is 6.74. The van der Waals surface area contributed by atoms with Gasteiger partial charge in [-0.3, -0.25) is 9.52 Å². The number of aromatic hydroxyl groups is 1. The molecular formula is C22H21ClN2O4S. The maximum Gasteiger partial charge on any atom is 0.262 e. The second kappa shape index (κ2) is 9.19. The van der Waals surface area contributed by atoms with Crippen molar-refractivity contribution in [3.63, 3.8) is 0 Å². The number of phenols is 1. The van der Waals surface area contributed by atoms with Gasteiger partial charge in [0, 0.05) is 12.1 Å². The Morgan fingerprint density at radius 1 is 1.03 bits per heavy atom. The van der Waals surface area contributed by atoms with E-state index in [1.165, 1.54) is 6.07 Å². The Bertz CT molecular complexity index is 1180. The molecule has 8 heteroatoms. The molecule has 0 spiro atoms. The van der Waals surface area contributed by atoms with Crippen LogP contribution in [-0.2, 0) is 21.2 Å². The lowest BCUT2D eigenvalue weighted by atomic mass is 10.1. The Balaban J connectivity index is 1.73. The van der Waals surface area contributed by atoms with Crippen molar-refractivity contribution in [2.75, 3.05) is 10.0 Å². The number of sulfonamides is 1. The lowest BCUT2D eigenvalue weighted by molar-refractivity contribution is -0.116. The number of para-hydroxylation sites is 2. The minimum atomic E-state index is -3.90. The topological polar surface area (TPSA) is 95.5 Å². The van der Waals surface area contributed by atoms with E-state index in [1.807, 2.05) is 0 Å². The number of rotatable bonds is 7. The number of halogens is 1. The molecule has 0 saturated heterocycles. The Hall–Kier alpha value is -3.03. The summed E-state index contributed by atoms with van der Waals surface area (Å²) in [6.07, 6.45) is 0.509. The monoisotopic (exact) mass is 444 g/mol. The molecule has 1 amide bonds. The normalized spacial score (nSPS) is 11.1. The van der Waals surface area contributed by atoms with Crippen LogP contribution in [0.5, 0.6) is 5.75 Å². The van der Waals surface area contributed by atoms with E-state index in [0.29, 0.717) is 23.2 Å². The van der Waals surface area contributed by atoms with E-state index in [1.54, 1.807) is 67.6 Å². The van der Waals surface area contributed by atoms with E-state index >= 15 is 0 Å². The molecule has 0 unspecified atom stereocenters. The van der Waals surface area contributed by atoms with Crippen LogP contribution >= 0.6 is 11.6 Å². The van der Waals surface area contributed by atoms with Gasteiger partial charge < -0.3 is 10.4 Å². The van der Waals surface area contributed by atoms with Crippen molar-refractivity contribution in [3.05, 3.63) is 82.9 Å². The standard InChI is InChI=1S/C22H21ClN2O4S/c1-15-10-12-17(24-22(27)13-11-16-6-2-5-9-20(16)26)14-21(15)30(28,29)25-19-8-4-3-7-18(19)23/h2-10,12,14,25-26H,11,13H2,1H3,(H,24,27). The number of nitrogens with one attached hydrogen (secondary N) is 2. The first-order valence-electron chi connectivity index (χ1n) is 9.21. The molecule has 3 rings (SSSR count). The molecule has 3 aromatic carbocycles. The molecule has 3 N–H and O–H groups in total. The van der Waals surface area contributed by atoms with Crippen LogP contribution in [0.4, 0.5) is 11.4 Å². The molecule has 0 aromatic heterocycles. The molecule has 0 aliphatic rings. The summed E-state index contributed by atoms with van der Waals surface area (Å²) in [5, 5.41) is 12.8. The molecule has 0 saturated carbocycles. The maximum absolute atomic E-state index is 12.9. The van der Waals surface area contributed by atoms with Crippen LogP contribution in [0, 0.1) is 6.92 Å². The summed E-state index contributed by atoms with van der Waals surface area (Å²) in [6.45, 7) is 1.67. The molecule has 0 bridgehead atoms. The van der Waals surface area contributed by atoms with E-state index < -0.39 is 10.0 Å². The first-order chi connectivity index (χ1) is 14.3. The summed E-state index contributed by atoms with van der Waals surface area (Å²) < 4.78 is 28.2. The molecule has 30 heavy (non-hydrogen) atoms. The minimum Gasteiger partial charge on any atom is -0.508 e. The molecule has 0 radical (unpaired) electrons. The lowest BCUT2D eigenvalue weighted by Crippen LogP contribution is -2.16. The highest BCUT2D eigenvalue weighted by Crippen LogP contribution is 2.27. The van der Waals surface area contributed by atoms with Crippen LogP contribution in [0.2, 0.25) is 5.02 Å². The smallest absolute Gasteiger partial charge is 0.262 e. The quantitative estimate of drug-likeness (QED) is 0.491. The van der Waals surface area contributed by atoms with Gasteiger partial charge in [-0.05, 0) is 54.8 Å². The van der Waals surface area contributed by atoms with Crippen LogP contribution in [-0.4, -0.2) is 19.4 Å². The highest BCUT2D eigenvalue weighted by molar-refractivity contribution is 7.92. The Kier molecular flexibility index (Phi) is 6.64. The zero-order valence-electron chi connectivity index (χ0n) is 16.2. The van der Waals surface area contributed by atoms with Crippen molar-refractivity contribution in [2.24, 2.45) is 0 Å². The number of amides is 1. The van der Waals surface area contributed by atoms with Crippen molar-refractivity contribution >= 4 is 38.9 Å². The van der Waals surface area contributed by atoms with E-state index in [0.717, 1.165) is 0 Å². The summed E-state index contributed by atoms with van der Waals surface area (Å²) >= 11 is 6.05. The van der Waals surface area contributed by atoms with Gasteiger partial charge in [-0.1, -0.05) is 48.0 Å². The van der Waals surface area contributed by atoms with Crippen molar-refractivity contribution in [3.8, 4) is 5.75 Å². The van der Waals surface area contributed by atoms with Crippen LogP contribution in [0.15, 0.2) is 71.6 Å². The van der Waals surface area contributed by atoms with E-state index in [9.17, 15) is 18.3 Å². The highest BCUT2D eigenvalue weighted by Gasteiger charge is 2.19. The van der Waals surface area contributed by atoms with Crippen molar-refractivity contribution in [1.82, 2.24) is 0 Å². The summed E-state index contributed by atoms with van der Waals surface area (Å²) in [6, 6.07) is 18.0. The molecular weight excluding hydrogens is 424 g/mol. The molecule has 156 valence electrons. The van der Waals surface area contributed by atoms with Crippen molar-refractivity contribution in [1.29, 1.82) is 0 Å². The van der Waals surface area contributed by atoms with Gasteiger partial charge in [-0.2, -0.15) is 0 Å². The third-order valence-corrected chi connectivity index (χ3v) is 6.33. The van der Waals surface area contributed by atoms with Gasteiger partial charge in [0.15, 0.2) is 0 Å². The number of hydrogen-bond donors (Lipinski definition) is 3. The number of anilines is 2. The van der Waals surface area contributed by atoms with Crippen molar-refractivity contribution < 1.29 is 18.3 Å². The van der Waals surface area contributed by atoms with E-state index in [4.69, 9.17) is 11.6 Å². The third-order valence-electron chi connectivity index (χ3n) is 4.49. The van der Waals surface area contributed by atoms with Gasteiger partial charge in [0.2, 0.25) is 5.91 Å². The number of carbonyl (C=O) groups is 1. The Labute approximate surface area is 180 Å². The van der Waals surface area contributed by atoms with E-state index in [2.05, 4.69) is 10.0 Å². The predicted molar refractivity (Wildman–Crippen MR) is 118 cm³/mol. The van der Waals surface area contributed by atoms with Gasteiger partial charge in [-0.25, -0.2) is 8.42 Å². The van der Waals surface area contributed by atoms with Crippen LogP contribution in [0.3, 0.4) is 0 Å². The fraction of sp³-hybridized carbons (Fsp3) is 0.136. The zero-order chi connectivity index (χ0) is 21.7. The van der Waals surface area contributed by atoms with Gasteiger partial charge in [0.1, 0.15) is 5.75 Å². The van der Waals surface area contributed by atoms with Crippen LogP contribution in [0.25, 0.3) is 0 Å². The zero-order valence-corrected chi connectivity index (χ0v) is 17.8. The summed E-state index contributed by atoms with van der Waals surface area (Å²) in [4.78, 5) is 12.3. The molecule has 0 atom stereocenters. The average molecular weight is 445 g/mol. The summed E-state index contributed by atoms with van der Waals surface area (Å²) in [5.41, 5.74) is 1.84. The molecule has 3 aromatic rings. The fourth-order valence-corrected chi connectivity index (χ4v) is 4.50. The minimum absolute atomic E-state index is 0.0425. The first kappa shape index (κ1) is 21.7. The van der Waals surface area contributed by atoms with Crippen LogP contribution in [0.1, 0.15) is 17.5 Å². The third kappa shape index (κ3) is 5.31. The number of hydrogen-bond acceptors (Lipinski definition) is 4. The van der Waals surface area contributed by atoms with E-state index in [-0.39, 0.29) is 33.7 Å². The average Bonchev–Trinajstić information content (AvgIpc) is 2.70. The maximum atomic E-state index is 12.9. The van der Waals surface area contributed by atoms with Gasteiger partial charge >= 0.3 is 0 Å². The van der Waals surface area contributed by atoms with Gasteiger partial charge in [0.25, 0.3) is 10.0 Å². The molecule has 0 heterocycles. The molecule has 0 fully saturated rings. The van der Waals surface area contributed by atoms with Crippen LogP contribution < -0.4 is 10.0 Å². The Morgan fingerprint density at radius 2 is 1.73 bits per heavy atom. The summed E-state index contributed by atoms with van der Waals surface area (Å²) in [5.74, 6) is -0.149. The SMILES string of the molecule is Cc1ccc(NC(=O)CCc2ccccc2O)cc1S(=O)(=O)Nc1ccccc1Cl. The number of aryl methyl sites for hydroxylation is 2. The first-order valence-corrected chi connectivity index (χ1v) is 11.1. The second-order valence-corrected chi connectivity index (χ2v) is 8.80. The molecule has 0 aliphatic carbocycles. The number of benzene rings is 3.